The second-order valence-corrected chi connectivity index (χ2v) is 8.77. The molecule has 9 heteroatoms. The summed E-state index contributed by atoms with van der Waals surface area (Å²) >= 11 is 1.52. The van der Waals surface area contributed by atoms with Crippen molar-refractivity contribution in [2.75, 3.05) is 26.9 Å². The molecule has 1 amide bonds. The molecule has 1 aliphatic heterocycles. The molecule has 33 heavy (non-hydrogen) atoms. The molecule has 2 aromatic rings. The van der Waals surface area contributed by atoms with Gasteiger partial charge in [0.2, 0.25) is 5.91 Å². The number of amides is 1. The van der Waals surface area contributed by atoms with Crippen LogP contribution >= 0.6 is 11.8 Å². The van der Waals surface area contributed by atoms with E-state index in [1.165, 1.54) is 24.9 Å². The number of benzene rings is 2. The first-order valence-electron chi connectivity index (χ1n) is 10.8. The maximum atomic E-state index is 12.9. The van der Waals surface area contributed by atoms with Gasteiger partial charge in [-0.05, 0) is 62.6 Å². The van der Waals surface area contributed by atoms with Crippen LogP contribution in [0.5, 0.6) is 23.0 Å². The molecule has 2 atom stereocenters. The molecule has 1 fully saturated rings. The minimum Gasteiger partial charge on any atom is -0.493 e. The molecule has 0 saturated carbocycles. The Balaban J connectivity index is 1.79. The Labute approximate surface area is 197 Å². The zero-order valence-electron chi connectivity index (χ0n) is 19.2. The van der Waals surface area contributed by atoms with Gasteiger partial charge in [0.25, 0.3) is 0 Å². The summed E-state index contributed by atoms with van der Waals surface area (Å²) in [5.41, 5.74) is 1.81. The third kappa shape index (κ3) is 6.01. The van der Waals surface area contributed by atoms with E-state index in [-0.39, 0.29) is 28.0 Å². The summed E-state index contributed by atoms with van der Waals surface area (Å²) in [7, 11) is 1.40. The van der Waals surface area contributed by atoms with E-state index in [1.807, 2.05) is 43.9 Å². The van der Waals surface area contributed by atoms with E-state index in [4.69, 9.17) is 14.2 Å². The maximum absolute atomic E-state index is 12.9. The van der Waals surface area contributed by atoms with Crippen molar-refractivity contribution >= 4 is 17.7 Å². The molecule has 0 radical (unpaired) electrons. The van der Waals surface area contributed by atoms with Crippen molar-refractivity contribution in [1.82, 2.24) is 4.90 Å². The summed E-state index contributed by atoms with van der Waals surface area (Å²) in [5.74, 6) is 1.58. The van der Waals surface area contributed by atoms with Crippen molar-refractivity contribution in [1.29, 1.82) is 0 Å². The third-order valence-corrected chi connectivity index (χ3v) is 6.58. The van der Waals surface area contributed by atoms with Crippen LogP contribution in [-0.2, 0) is 11.2 Å². The predicted octanol–water partition coefficient (Wildman–Crippen LogP) is 5.30. The zero-order valence-corrected chi connectivity index (χ0v) is 20.0. The van der Waals surface area contributed by atoms with Crippen LogP contribution in [0.15, 0.2) is 36.4 Å². The molecule has 180 valence electrons. The van der Waals surface area contributed by atoms with Crippen molar-refractivity contribution in [2.45, 2.75) is 44.4 Å². The second kappa shape index (κ2) is 11.4. The fraction of sp³-hybridized carbons (Fsp3) is 0.458. The highest BCUT2D eigenvalue weighted by atomic mass is 32.2. The lowest BCUT2D eigenvalue weighted by atomic mass is 10.1. The minimum absolute atomic E-state index is 0.0350. The number of hydrogen-bond acceptors (Lipinski definition) is 6. The summed E-state index contributed by atoms with van der Waals surface area (Å²) in [4.78, 5) is 14.7. The highest BCUT2D eigenvalue weighted by molar-refractivity contribution is 8.01. The Kier molecular flexibility index (Phi) is 8.66. The number of halogens is 2. The van der Waals surface area contributed by atoms with Gasteiger partial charge in [-0.25, -0.2) is 0 Å². The SMILES string of the molecule is CCOc1ccc(CCN2C(=O)[C@@H](C)S[C@@H]2c2ccc(OC(F)F)c(OC)c2)cc1OCC. The largest absolute Gasteiger partial charge is 0.493 e. The monoisotopic (exact) mass is 481 g/mol. The summed E-state index contributed by atoms with van der Waals surface area (Å²) in [6.45, 7) is 4.33. The number of methoxy groups -OCH3 is 1. The summed E-state index contributed by atoms with van der Waals surface area (Å²) in [6.07, 6.45) is 0.631. The van der Waals surface area contributed by atoms with Crippen LogP contribution in [0.25, 0.3) is 0 Å². The molecule has 1 aliphatic rings. The predicted molar refractivity (Wildman–Crippen MR) is 124 cm³/mol. The Morgan fingerprint density at radius 2 is 1.70 bits per heavy atom. The van der Waals surface area contributed by atoms with E-state index >= 15 is 0 Å². The zero-order chi connectivity index (χ0) is 24.0. The number of nitrogens with zero attached hydrogens (tertiary/aromatic N) is 1. The number of ether oxygens (including phenoxy) is 4. The van der Waals surface area contributed by atoms with Crippen molar-refractivity contribution in [2.24, 2.45) is 0 Å². The summed E-state index contributed by atoms with van der Waals surface area (Å²) in [5, 5.41) is -0.464. The number of alkyl halides is 2. The Morgan fingerprint density at radius 1 is 1.00 bits per heavy atom. The Morgan fingerprint density at radius 3 is 2.36 bits per heavy atom. The molecule has 0 N–H and O–H groups in total. The molecule has 0 bridgehead atoms. The Hall–Kier alpha value is -2.68. The van der Waals surface area contributed by atoms with Crippen LogP contribution in [0, 0.1) is 0 Å². The van der Waals surface area contributed by atoms with Crippen molar-refractivity contribution in [3.63, 3.8) is 0 Å². The molecule has 1 saturated heterocycles. The standard InChI is InChI=1S/C24H29F2NO5S/c1-5-30-18-9-7-16(13-21(18)31-6-2)11-12-27-22(28)15(3)33-23(27)17-8-10-19(32-24(25)26)20(14-17)29-4/h7-10,13-15,23-24H,5-6,11-12H2,1-4H3/t15-,23-/m1/s1. The average Bonchev–Trinajstić information content (AvgIpc) is 3.07. The minimum atomic E-state index is -2.95. The topological polar surface area (TPSA) is 57.2 Å². The molecule has 6 nitrogen and oxygen atoms in total. The highest BCUT2D eigenvalue weighted by Crippen LogP contribution is 2.45. The van der Waals surface area contributed by atoms with Crippen LogP contribution in [0.4, 0.5) is 8.78 Å². The molecular formula is C24H29F2NO5S. The van der Waals surface area contributed by atoms with E-state index in [9.17, 15) is 13.6 Å². The van der Waals surface area contributed by atoms with Gasteiger partial charge in [-0.1, -0.05) is 12.1 Å². The van der Waals surface area contributed by atoms with E-state index < -0.39 is 6.61 Å². The van der Waals surface area contributed by atoms with Crippen LogP contribution in [0.3, 0.4) is 0 Å². The van der Waals surface area contributed by atoms with E-state index in [2.05, 4.69) is 4.74 Å². The molecule has 3 rings (SSSR count). The lowest BCUT2D eigenvalue weighted by molar-refractivity contribution is -0.129. The normalized spacial score (nSPS) is 18.0. The highest BCUT2D eigenvalue weighted by Gasteiger charge is 2.38. The van der Waals surface area contributed by atoms with Gasteiger partial charge in [-0.2, -0.15) is 8.78 Å². The Bertz CT molecular complexity index is 958. The second-order valence-electron chi connectivity index (χ2n) is 7.35. The van der Waals surface area contributed by atoms with Crippen LogP contribution < -0.4 is 18.9 Å². The molecule has 0 unspecified atom stereocenters. The van der Waals surface area contributed by atoms with Crippen LogP contribution in [-0.4, -0.2) is 49.5 Å². The van der Waals surface area contributed by atoms with Crippen LogP contribution in [0.1, 0.15) is 37.3 Å². The van der Waals surface area contributed by atoms with Gasteiger partial charge < -0.3 is 23.8 Å². The number of carbonyl (C=O) groups excluding carboxylic acids is 1. The fourth-order valence-corrected chi connectivity index (χ4v) is 4.99. The van der Waals surface area contributed by atoms with Gasteiger partial charge in [0.15, 0.2) is 23.0 Å². The van der Waals surface area contributed by atoms with Gasteiger partial charge in [-0.15, -0.1) is 11.8 Å². The molecule has 0 aromatic heterocycles. The van der Waals surface area contributed by atoms with Crippen molar-refractivity contribution < 1.29 is 32.5 Å². The molecule has 0 aliphatic carbocycles. The lowest BCUT2D eigenvalue weighted by Crippen LogP contribution is -2.32. The van der Waals surface area contributed by atoms with Gasteiger partial charge in [0.05, 0.1) is 25.6 Å². The summed E-state index contributed by atoms with van der Waals surface area (Å²) < 4.78 is 46.4. The van der Waals surface area contributed by atoms with Gasteiger partial charge in [-0.3, -0.25) is 4.79 Å². The van der Waals surface area contributed by atoms with E-state index in [1.54, 1.807) is 12.1 Å². The quantitative estimate of drug-likeness (QED) is 0.434. The average molecular weight is 482 g/mol. The summed E-state index contributed by atoms with van der Waals surface area (Å²) in [6, 6.07) is 10.6. The van der Waals surface area contributed by atoms with Crippen LogP contribution in [0.2, 0.25) is 0 Å². The number of thioether (sulfide) groups is 1. The first-order chi connectivity index (χ1) is 15.9. The molecular weight excluding hydrogens is 452 g/mol. The van der Waals surface area contributed by atoms with Crippen molar-refractivity contribution in [3.05, 3.63) is 47.5 Å². The van der Waals surface area contributed by atoms with Gasteiger partial charge >= 0.3 is 6.61 Å². The maximum Gasteiger partial charge on any atom is 0.387 e. The first kappa shape index (κ1) is 25.0. The van der Waals surface area contributed by atoms with Gasteiger partial charge in [0.1, 0.15) is 5.37 Å². The number of rotatable bonds is 11. The first-order valence-corrected chi connectivity index (χ1v) is 11.8. The number of carbonyl (C=O) groups is 1. The molecule has 2 aromatic carbocycles. The lowest BCUT2D eigenvalue weighted by Gasteiger charge is -2.25. The fourth-order valence-electron chi connectivity index (χ4n) is 3.69. The molecule has 0 spiro atoms. The smallest absolute Gasteiger partial charge is 0.387 e. The van der Waals surface area contributed by atoms with E-state index in [0.29, 0.717) is 37.7 Å². The van der Waals surface area contributed by atoms with Gasteiger partial charge in [0, 0.05) is 6.54 Å². The molecule has 1 heterocycles. The van der Waals surface area contributed by atoms with Crippen molar-refractivity contribution in [3.8, 4) is 23.0 Å². The number of hydrogen-bond donors (Lipinski definition) is 0. The van der Waals surface area contributed by atoms with E-state index in [0.717, 1.165) is 11.1 Å². The third-order valence-electron chi connectivity index (χ3n) is 5.19.